The molecule has 0 bridgehead atoms. The Morgan fingerprint density at radius 3 is 2.64 bits per heavy atom. The largest absolute Gasteiger partial charge is 0.495 e. The van der Waals surface area contributed by atoms with Crippen LogP contribution in [-0.2, 0) is 4.79 Å². The molecule has 28 heavy (non-hydrogen) atoms. The molecule has 0 aromatic heterocycles. The molecule has 2 aliphatic rings. The summed E-state index contributed by atoms with van der Waals surface area (Å²) in [6.07, 6.45) is 3.36. The number of hydrogen-bond donors (Lipinski definition) is 2. The number of piperidine rings is 1. The van der Waals surface area contributed by atoms with Crippen molar-refractivity contribution in [2.45, 2.75) is 25.7 Å². The van der Waals surface area contributed by atoms with Gasteiger partial charge in [-0.05, 0) is 57.0 Å². The van der Waals surface area contributed by atoms with Gasteiger partial charge in [-0.25, -0.2) is 4.79 Å². The Labute approximate surface area is 165 Å². The van der Waals surface area contributed by atoms with E-state index in [0.29, 0.717) is 22.9 Å². The average Bonchev–Trinajstić information content (AvgIpc) is 2.71. The maximum Gasteiger partial charge on any atom is 0.328 e. The Hall–Kier alpha value is -2.61. The smallest absolute Gasteiger partial charge is 0.328 e. The summed E-state index contributed by atoms with van der Waals surface area (Å²) in [6, 6.07) is 4.62. The first kappa shape index (κ1) is 20.1. The summed E-state index contributed by atoms with van der Waals surface area (Å²) in [5.41, 5.74) is 1.02. The third-order valence-electron chi connectivity index (χ3n) is 5.47. The minimum atomic E-state index is -0.496. The van der Waals surface area contributed by atoms with Crippen molar-refractivity contribution in [3.63, 3.8) is 0 Å². The fourth-order valence-electron chi connectivity index (χ4n) is 3.78. The van der Waals surface area contributed by atoms with Gasteiger partial charge in [0.25, 0.3) is 5.91 Å². The number of anilines is 1. The lowest BCUT2D eigenvalue weighted by molar-refractivity contribution is -0.120. The number of nitrogens with zero attached hydrogens (tertiary/aromatic N) is 2. The van der Waals surface area contributed by atoms with Crippen LogP contribution in [0.3, 0.4) is 0 Å². The molecule has 1 aromatic carbocycles. The summed E-state index contributed by atoms with van der Waals surface area (Å²) in [5.74, 6) is 0.808. The molecular weight excluding hydrogens is 360 g/mol. The number of imide groups is 1. The van der Waals surface area contributed by atoms with E-state index in [1.165, 1.54) is 12.0 Å². The molecule has 8 nitrogen and oxygen atoms in total. The summed E-state index contributed by atoms with van der Waals surface area (Å²) in [4.78, 5) is 40.0. The van der Waals surface area contributed by atoms with Crippen LogP contribution in [0.25, 0.3) is 0 Å². The van der Waals surface area contributed by atoms with Crippen LogP contribution in [0.4, 0.5) is 10.5 Å². The van der Waals surface area contributed by atoms with Crippen LogP contribution in [-0.4, -0.2) is 63.1 Å². The van der Waals surface area contributed by atoms with Crippen molar-refractivity contribution in [3.05, 3.63) is 23.8 Å². The van der Waals surface area contributed by atoms with Crippen molar-refractivity contribution in [1.82, 2.24) is 15.5 Å². The molecule has 0 aliphatic carbocycles. The van der Waals surface area contributed by atoms with Gasteiger partial charge in [0, 0.05) is 31.6 Å². The summed E-state index contributed by atoms with van der Waals surface area (Å²) in [6.45, 7) is 2.75. The lowest BCUT2D eigenvalue weighted by Gasteiger charge is -2.32. The summed E-state index contributed by atoms with van der Waals surface area (Å²) in [7, 11) is 3.47. The van der Waals surface area contributed by atoms with Gasteiger partial charge in [0.2, 0.25) is 5.91 Å². The zero-order valence-corrected chi connectivity index (χ0v) is 16.5. The number of likely N-dealkylation sites (tertiary alicyclic amines) is 1. The van der Waals surface area contributed by atoms with Crippen molar-refractivity contribution >= 4 is 23.5 Å². The highest BCUT2D eigenvalue weighted by atomic mass is 16.5. The SMILES string of the molecule is CNCCC1CCN(C(=O)c2ccc(OC)c(N3CCC(=O)NC3=O)c2)CC1. The number of urea groups is 1. The number of rotatable bonds is 6. The molecule has 2 aliphatic heterocycles. The van der Waals surface area contributed by atoms with Crippen LogP contribution in [0.15, 0.2) is 18.2 Å². The lowest BCUT2D eigenvalue weighted by Crippen LogP contribution is -2.49. The van der Waals surface area contributed by atoms with E-state index in [2.05, 4.69) is 10.6 Å². The number of ether oxygens (including phenoxy) is 1. The van der Waals surface area contributed by atoms with Crippen molar-refractivity contribution in [3.8, 4) is 5.75 Å². The van der Waals surface area contributed by atoms with Gasteiger partial charge in [-0.1, -0.05) is 0 Å². The highest BCUT2D eigenvalue weighted by Crippen LogP contribution is 2.31. The second kappa shape index (κ2) is 9.05. The van der Waals surface area contributed by atoms with E-state index in [-0.39, 0.29) is 24.8 Å². The molecule has 152 valence electrons. The molecule has 2 heterocycles. The number of carbonyl (C=O) groups excluding carboxylic acids is 3. The Morgan fingerprint density at radius 1 is 1.25 bits per heavy atom. The highest BCUT2D eigenvalue weighted by molar-refractivity contribution is 6.07. The normalized spacial score (nSPS) is 18.2. The number of carbonyl (C=O) groups is 3. The van der Waals surface area contributed by atoms with Gasteiger partial charge in [0.1, 0.15) is 5.75 Å². The minimum Gasteiger partial charge on any atom is -0.495 e. The van der Waals surface area contributed by atoms with Crippen molar-refractivity contribution < 1.29 is 19.1 Å². The average molecular weight is 388 g/mol. The Balaban J connectivity index is 1.73. The molecular formula is C20H28N4O4. The molecule has 2 fully saturated rings. The van der Waals surface area contributed by atoms with E-state index < -0.39 is 6.03 Å². The molecule has 2 saturated heterocycles. The highest BCUT2D eigenvalue weighted by Gasteiger charge is 2.28. The van der Waals surface area contributed by atoms with Crippen molar-refractivity contribution in [2.24, 2.45) is 5.92 Å². The number of hydrogen-bond acceptors (Lipinski definition) is 5. The first-order valence-corrected chi connectivity index (χ1v) is 9.76. The molecule has 8 heteroatoms. The number of benzene rings is 1. The Morgan fingerprint density at radius 2 is 2.00 bits per heavy atom. The third-order valence-corrected chi connectivity index (χ3v) is 5.47. The number of amides is 4. The van der Waals surface area contributed by atoms with E-state index in [1.807, 2.05) is 11.9 Å². The summed E-state index contributed by atoms with van der Waals surface area (Å²) in [5, 5.41) is 5.48. The Kier molecular flexibility index (Phi) is 6.51. The quantitative estimate of drug-likeness (QED) is 0.773. The molecule has 4 amide bonds. The van der Waals surface area contributed by atoms with E-state index in [1.54, 1.807) is 18.2 Å². The molecule has 2 N–H and O–H groups in total. The summed E-state index contributed by atoms with van der Waals surface area (Å²) >= 11 is 0. The van der Waals surface area contributed by atoms with Crippen LogP contribution >= 0.6 is 0 Å². The first-order valence-electron chi connectivity index (χ1n) is 9.76. The second-order valence-corrected chi connectivity index (χ2v) is 7.27. The molecule has 1 aromatic rings. The molecule has 0 atom stereocenters. The zero-order chi connectivity index (χ0) is 20.1. The molecule has 3 rings (SSSR count). The van der Waals surface area contributed by atoms with Gasteiger partial charge in [-0.3, -0.25) is 19.8 Å². The Bertz CT molecular complexity index is 744. The van der Waals surface area contributed by atoms with Gasteiger partial charge in [-0.15, -0.1) is 0 Å². The fourth-order valence-corrected chi connectivity index (χ4v) is 3.78. The van der Waals surface area contributed by atoms with Crippen molar-refractivity contribution in [2.75, 3.05) is 45.2 Å². The molecule has 0 radical (unpaired) electrons. The van der Waals surface area contributed by atoms with Gasteiger partial charge in [0.15, 0.2) is 0 Å². The van der Waals surface area contributed by atoms with Crippen LogP contribution in [0.5, 0.6) is 5.75 Å². The number of methoxy groups -OCH3 is 1. The standard InChI is InChI=1S/C20H28N4O4/c1-21-9-5-14-6-10-23(11-7-14)19(26)15-3-4-17(28-2)16(13-15)24-12-8-18(25)22-20(24)27/h3-4,13-14,21H,5-12H2,1-2H3,(H,22,25,27). The predicted octanol–water partition coefficient (Wildman–Crippen LogP) is 1.60. The fraction of sp³-hybridized carbons (Fsp3) is 0.550. The zero-order valence-electron chi connectivity index (χ0n) is 16.5. The van der Waals surface area contributed by atoms with Crippen LogP contribution in [0.2, 0.25) is 0 Å². The second-order valence-electron chi connectivity index (χ2n) is 7.27. The van der Waals surface area contributed by atoms with Gasteiger partial charge < -0.3 is 15.0 Å². The molecule has 0 saturated carbocycles. The molecule has 0 unspecified atom stereocenters. The van der Waals surface area contributed by atoms with E-state index in [9.17, 15) is 14.4 Å². The lowest BCUT2D eigenvalue weighted by atomic mass is 9.93. The van der Waals surface area contributed by atoms with Gasteiger partial charge in [0.05, 0.1) is 12.8 Å². The monoisotopic (exact) mass is 388 g/mol. The number of nitrogens with one attached hydrogen (secondary N) is 2. The summed E-state index contributed by atoms with van der Waals surface area (Å²) < 4.78 is 5.37. The van der Waals surface area contributed by atoms with E-state index >= 15 is 0 Å². The van der Waals surface area contributed by atoms with Gasteiger partial charge >= 0.3 is 6.03 Å². The van der Waals surface area contributed by atoms with E-state index in [4.69, 9.17) is 4.74 Å². The predicted molar refractivity (Wildman–Crippen MR) is 106 cm³/mol. The van der Waals surface area contributed by atoms with Crippen LogP contribution < -0.4 is 20.3 Å². The van der Waals surface area contributed by atoms with Crippen LogP contribution in [0, 0.1) is 5.92 Å². The van der Waals surface area contributed by atoms with Crippen LogP contribution in [0.1, 0.15) is 36.0 Å². The minimum absolute atomic E-state index is 0.0375. The maximum absolute atomic E-state index is 13.0. The van der Waals surface area contributed by atoms with E-state index in [0.717, 1.165) is 38.9 Å². The van der Waals surface area contributed by atoms with Gasteiger partial charge in [-0.2, -0.15) is 0 Å². The topological polar surface area (TPSA) is 91.0 Å². The third kappa shape index (κ3) is 4.44. The first-order chi connectivity index (χ1) is 13.5. The maximum atomic E-state index is 13.0. The molecule has 0 spiro atoms. The van der Waals surface area contributed by atoms with Crippen molar-refractivity contribution in [1.29, 1.82) is 0 Å².